The van der Waals surface area contributed by atoms with Crippen molar-refractivity contribution in [1.29, 1.82) is 0 Å². The Kier molecular flexibility index (Phi) is 12.9. The van der Waals surface area contributed by atoms with Crippen LogP contribution in [0.5, 0.6) is 0 Å². The molecule has 262 valence electrons. The van der Waals surface area contributed by atoms with Gasteiger partial charge in [-0.15, -0.1) is 0 Å². The molecule has 4 aromatic carbocycles. The molecule has 0 aromatic heterocycles. The topological polar surface area (TPSA) is 0 Å². The van der Waals surface area contributed by atoms with Crippen LogP contribution in [-0.4, -0.2) is 0 Å². The van der Waals surface area contributed by atoms with E-state index in [-0.39, 0.29) is 24.8 Å². The molecule has 0 spiro atoms. The summed E-state index contributed by atoms with van der Waals surface area (Å²) in [4.78, 5) is 0. The van der Waals surface area contributed by atoms with Gasteiger partial charge in [-0.2, -0.15) is 0 Å². The first kappa shape index (κ1) is 38.9. The standard InChI is InChI=1S/2C22H25.C3H6.2ClH.Ti/c2*1-4-5-7-17-14-20-8-6-9-21(22(20)15-17)19-12-10-18(11-13-19)16(2)3;1-3-2;;;/h2*6,8-16H,4-5,7H2,1-3H3;1-3H2;2*1H;/q;;;;;+2/p-2. The Bertz CT molecular complexity index is 1690. The molecule has 0 radical (unpaired) electrons. The summed E-state index contributed by atoms with van der Waals surface area (Å²) in [5.41, 5.74) is 18.5. The van der Waals surface area contributed by atoms with Crippen molar-refractivity contribution >= 4 is 12.2 Å². The second-order valence-electron chi connectivity index (χ2n) is 15.8. The van der Waals surface area contributed by atoms with Crippen LogP contribution in [0, 0.1) is 0 Å². The summed E-state index contributed by atoms with van der Waals surface area (Å²) in [6.45, 7) is 13.9. The molecule has 2 atom stereocenters. The monoisotopic (exact) mass is 738 g/mol. The molecule has 1 fully saturated rings. The molecule has 2 unspecified atom stereocenters. The first-order valence-electron chi connectivity index (χ1n) is 19.2. The Balaban J connectivity index is 0.00000243. The number of hydrogen-bond acceptors (Lipinski definition) is 0. The van der Waals surface area contributed by atoms with E-state index in [9.17, 15) is 0 Å². The molecular formula is C47H56Cl2Ti. The third-order valence-corrected chi connectivity index (χ3v) is 21.9. The van der Waals surface area contributed by atoms with Gasteiger partial charge in [0.1, 0.15) is 0 Å². The quantitative estimate of drug-likeness (QED) is 0.128. The van der Waals surface area contributed by atoms with E-state index in [4.69, 9.17) is 0 Å². The van der Waals surface area contributed by atoms with Crippen LogP contribution in [0.1, 0.15) is 140 Å². The maximum absolute atomic E-state index is 2.70. The third kappa shape index (κ3) is 7.05. The van der Waals surface area contributed by atoms with E-state index in [0.29, 0.717) is 20.3 Å². The zero-order valence-corrected chi connectivity index (χ0v) is 34.2. The number of allylic oxidation sites excluding steroid dienone is 2. The van der Waals surface area contributed by atoms with Crippen LogP contribution in [0.25, 0.3) is 34.4 Å². The predicted molar refractivity (Wildman–Crippen MR) is 207 cm³/mol. The number of halogens is 2. The number of unbranched alkanes of at least 4 members (excludes halogenated alkanes) is 2. The largest absolute Gasteiger partial charge is 1.00 e. The average Bonchev–Trinajstić information content (AvgIpc) is 3.65. The summed E-state index contributed by atoms with van der Waals surface area (Å²) >= 11 is -2.56. The van der Waals surface area contributed by atoms with Crippen LogP contribution in [0.4, 0.5) is 0 Å². The predicted octanol–water partition coefficient (Wildman–Crippen LogP) is 8.63. The fourth-order valence-electron chi connectivity index (χ4n) is 9.41. The van der Waals surface area contributed by atoms with E-state index in [1.165, 1.54) is 87.8 Å². The molecule has 3 aliphatic rings. The maximum atomic E-state index is 2.70. The molecule has 0 saturated carbocycles. The van der Waals surface area contributed by atoms with Crippen LogP contribution in [0.3, 0.4) is 0 Å². The van der Waals surface area contributed by atoms with Gasteiger partial charge in [0.15, 0.2) is 0 Å². The van der Waals surface area contributed by atoms with Crippen molar-refractivity contribution < 1.29 is 41.4 Å². The van der Waals surface area contributed by atoms with Gasteiger partial charge >= 0.3 is 297 Å². The van der Waals surface area contributed by atoms with Crippen molar-refractivity contribution in [2.24, 2.45) is 0 Å². The van der Waals surface area contributed by atoms with Gasteiger partial charge in [-0.3, -0.25) is 0 Å². The molecule has 0 N–H and O–H groups in total. The van der Waals surface area contributed by atoms with Gasteiger partial charge in [0.25, 0.3) is 0 Å². The van der Waals surface area contributed by atoms with Gasteiger partial charge in [-0.1, -0.05) is 0 Å². The summed E-state index contributed by atoms with van der Waals surface area (Å²) < 4.78 is 4.35. The van der Waals surface area contributed by atoms with Gasteiger partial charge in [0, 0.05) is 0 Å². The van der Waals surface area contributed by atoms with Crippen molar-refractivity contribution in [2.45, 2.75) is 116 Å². The molecular weight excluding hydrogens is 683 g/mol. The first-order valence-corrected chi connectivity index (χ1v) is 23.2. The van der Waals surface area contributed by atoms with Crippen LogP contribution in [0.2, 0.25) is 9.45 Å². The zero-order chi connectivity index (χ0) is 33.4. The van der Waals surface area contributed by atoms with Gasteiger partial charge < -0.3 is 24.8 Å². The van der Waals surface area contributed by atoms with Crippen molar-refractivity contribution in [2.75, 3.05) is 0 Å². The van der Waals surface area contributed by atoms with Crippen molar-refractivity contribution in [1.82, 2.24) is 0 Å². The Morgan fingerprint density at radius 2 is 0.960 bits per heavy atom. The molecule has 1 saturated heterocycles. The molecule has 3 heteroatoms. The van der Waals surface area contributed by atoms with Crippen LogP contribution < -0.4 is 24.8 Å². The maximum Gasteiger partial charge on any atom is -1.00 e. The minimum atomic E-state index is -2.56. The average molecular weight is 740 g/mol. The number of benzene rings is 4. The normalized spacial score (nSPS) is 17.8. The van der Waals surface area contributed by atoms with Crippen LogP contribution in [0.15, 0.2) is 96.1 Å². The minimum Gasteiger partial charge on any atom is -1.00 e. The summed E-state index contributed by atoms with van der Waals surface area (Å²) in [5.74, 6) is 1.11. The smallest absolute Gasteiger partial charge is 1.00 e. The molecule has 1 aliphatic heterocycles. The van der Waals surface area contributed by atoms with Crippen molar-refractivity contribution in [3.8, 4) is 22.3 Å². The third-order valence-electron chi connectivity index (χ3n) is 12.2. The first-order chi connectivity index (χ1) is 23.4. The summed E-state index contributed by atoms with van der Waals surface area (Å²) in [6.07, 6.45) is 14.4. The fraction of sp³-hybridized carbons (Fsp3) is 0.404. The molecule has 1 heterocycles. The van der Waals surface area contributed by atoms with Gasteiger partial charge in [0.2, 0.25) is 0 Å². The Morgan fingerprint density at radius 1 is 0.560 bits per heavy atom. The number of fused-ring (bicyclic) bond motifs is 2. The number of rotatable bonds is 12. The zero-order valence-electron chi connectivity index (χ0n) is 31.2. The molecule has 0 bridgehead atoms. The van der Waals surface area contributed by atoms with Crippen LogP contribution >= 0.6 is 0 Å². The molecule has 4 aromatic rings. The van der Waals surface area contributed by atoms with E-state index in [1.807, 2.05) is 0 Å². The van der Waals surface area contributed by atoms with Crippen molar-refractivity contribution in [3.63, 3.8) is 0 Å². The summed E-state index contributed by atoms with van der Waals surface area (Å²) in [5, 5.41) is 0. The van der Waals surface area contributed by atoms with Gasteiger partial charge in [-0.25, -0.2) is 0 Å². The Hall–Kier alpha value is -2.35. The summed E-state index contributed by atoms with van der Waals surface area (Å²) in [7, 11) is 0. The molecule has 0 amide bonds. The van der Waals surface area contributed by atoms with Gasteiger partial charge in [0.05, 0.1) is 0 Å². The second kappa shape index (κ2) is 16.5. The van der Waals surface area contributed by atoms with E-state index >= 15 is 0 Å². The minimum absolute atomic E-state index is 0. The molecule has 0 nitrogen and oxygen atoms in total. The van der Waals surface area contributed by atoms with E-state index < -0.39 is 16.6 Å². The van der Waals surface area contributed by atoms with Crippen LogP contribution in [-0.2, 0) is 16.6 Å². The van der Waals surface area contributed by atoms with E-state index in [2.05, 4.69) is 139 Å². The van der Waals surface area contributed by atoms with Crippen molar-refractivity contribution in [3.05, 3.63) is 129 Å². The van der Waals surface area contributed by atoms with E-state index in [1.54, 1.807) is 33.4 Å². The van der Waals surface area contributed by atoms with Gasteiger partial charge in [-0.05, 0) is 0 Å². The Labute approximate surface area is 319 Å². The Morgan fingerprint density at radius 3 is 1.28 bits per heavy atom. The van der Waals surface area contributed by atoms with E-state index in [0.717, 1.165) is 0 Å². The molecule has 2 aliphatic carbocycles. The SMILES string of the molecule is CCCCC1=Cc2c(-c3ccc(C(C)C)cc3)cccc2[CH]1[Ti+2]1([CH]2C(CCCC)=Cc3c(-c4ccc(C(C)C)cc4)cccc32)[CH2]C[CH2]1.[Cl-].[Cl-]. The number of hydrogen-bond donors (Lipinski definition) is 0. The second-order valence-corrected chi connectivity index (χ2v) is 23.0. The molecule has 50 heavy (non-hydrogen) atoms. The molecule has 7 rings (SSSR count). The summed E-state index contributed by atoms with van der Waals surface area (Å²) in [6, 6.07) is 33.6. The fourth-order valence-corrected chi connectivity index (χ4v) is 19.3.